The SMILES string of the molecule is CCOC(=O)C1CCN(C(=NCc2ccc([N+](=O)[O-])cc2)NCC2CCCO2)CC1.I. The van der Waals surface area contributed by atoms with E-state index in [1.54, 1.807) is 12.1 Å². The summed E-state index contributed by atoms with van der Waals surface area (Å²) in [6.07, 6.45) is 3.76. The number of carbonyl (C=O) groups excluding carboxylic acids is 1. The van der Waals surface area contributed by atoms with Crippen molar-refractivity contribution >= 4 is 41.6 Å². The second-order valence-corrected chi connectivity index (χ2v) is 7.59. The molecule has 9 nitrogen and oxygen atoms in total. The third-order valence-corrected chi connectivity index (χ3v) is 5.48. The van der Waals surface area contributed by atoms with Crippen LogP contribution >= 0.6 is 24.0 Å². The van der Waals surface area contributed by atoms with Crippen LogP contribution in [0.2, 0.25) is 0 Å². The van der Waals surface area contributed by atoms with Gasteiger partial charge in [-0.25, -0.2) is 4.99 Å². The number of esters is 1. The van der Waals surface area contributed by atoms with Crippen molar-refractivity contribution < 1.29 is 19.2 Å². The van der Waals surface area contributed by atoms with Gasteiger partial charge in [-0.1, -0.05) is 12.1 Å². The Hall–Kier alpha value is -1.95. The number of carbonyl (C=O) groups is 1. The second kappa shape index (κ2) is 12.8. The van der Waals surface area contributed by atoms with Crippen molar-refractivity contribution in [1.29, 1.82) is 0 Å². The van der Waals surface area contributed by atoms with Crippen LogP contribution < -0.4 is 5.32 Å². The molecule has 0 aromatic heterocycles. The van der Waals surface area contributed by atoms with Crippen LogP contribution in [0.3, 0.4) is 0 Å². The number of hydrogen-bond acceptors (Lipinski definition) is 6. The molecular weight excluding hydrogens is 515 g/mol. The van der Waals surface area contributed by atoms with E-state index < -0.39 is 4.92 Å². The molecule has 3 rings (SSSR count). The minimum absolute atomic E-state index is 0. The number of piperidine rings is 1. The van der Waals surface area contributed by atoms with Crippen molar-refractivity contribution in [3.8, 4) is 0 Å². The van der Waals surface area contributed by atoms with Gasteiger partial charge in [0.25, 0.3) is 5.69 Å². The Bertz CT molecular complexity index is 745. The van der Waals surface area contributed by atoms with Crippen molar-refractivity contribution in [3.63, 3.8) is 0 Å². The van der Waals surface area contributed by atoms with Gasteiger partial charge >= 0.3 is 5.97 Å². The number of rotatable bonds is 7. The fraction of sp³-hybridized carbons (Fsp3) is 0.619. The number of non-ortho nitro benzene ring substituents is 1. The fourth-order valence-corrected chi connectivity index (χ4v) is 3.75. The maximum Gasteiger partial charge on any atom is 0.309 e. The van der Waals surface area contributed by atoms with E-state index in [-0.39, 0.29) is 47.7 Å². The molecule has 0 amide bonds. The molecule has 10 heteroatoms. The number of nitrogens with zero attached hydrogens (tertiary/aromatic N) is 3. The molecule has 31 heavy (non-hydrogen) atoms. The maximum atomic E-state index is 12.0. The average molecular weight is 546 g/mol. The Morgan fingerprint density at radius 2 is 2.00 bits per heavy atom. The predicted molar refractivity (Wildman–Crippen MR) is 128 cm³/mol. The highest BCUT2D eigenvalue weighted by Gasteiger charge is 2.28. The summed E-state index contributed by atoms with van der Waals surface area (Å²) in [7, 11) is 0. The summed E-state index contributed by atoms with van der Waals surface area (Å²) >= 11 is 0. The van der Waals surface area contributed by atoms with Gasteiger partial charge in [-0.15, -0.1) is 24.0 Å². The van der Waals surface area contributed by atoms with Gasteiger partial charge in [-0.05, 0) is 38.2 Å². The molecule has 2 heterocycles. The van der Waals surface area contributed by atoms with Gasteiger partial charge in [0.1, 0.15) is 0 Å². The zero-order valence-electron chi connectivity index (χ0n) is 17.8. The molecule has 2 saturated heterocycles. The van der Waals surface area contributed by atoms with Gasteiger partial charge in [0.05, 0.1) is 30.1 Å². The number of aliphatic imine (C=N–C) groups is 1. The lowest BCUT2D eigenvalue weighted by atomic mass is 9.97. The van der Waals surface area contributed by atoms with Gasteiger partial charge < -0.3 is 19.7 Å². The molecule has 0 spiro atoms. The Kier molecular flexibility index (Phi) is 10.4. The number of likely N-dealkylation sites (tertiary alicyclic amines) is 1. The maximum absolute atomic E-state index is 12.0. The smallest absolute Gasteiger partial charge is 0.309 e. The summed E-state index contributed by atoms with van der Waals surface area (Å²) in [5.41, 5.74) is 0.971. The van der Waals surface area contributed by atoms with Crippen LogP contribution in [0.5, 0.6) is 0 Å². The van der Waals surface area contributed by atoms with Gasteiger partial charge in [-0.2, -0.15) is 0 Å². The summed E-state index contributed by atoms with van der Waals surface area (Å²) in [4.78, 5) is 29.3. The van der Waals surface area contributed by atoms with E-state index >= 15 is 0 Å². The Morgan fingerprint density at radius 1 is 1.29 bits per heavy atom. The molecule has 1 aromatic carbocycles. The number of halogens is 1. The first-order valence-corrected chi connectivity index (χ1v) is 10.6. The van der Waals surface area contributed by atoms with E-state index in [4.69, 9.17) is 14.5 Å². The zero-order chi connectivity index (χ0) is 21.3. The number of nitro benzene ring substituents is 1. The molecule has 172 valence electrons. The number of nitro groups is 1. The highest BCUT2D eigenvalue weighted by atomic mass is 127. The second-order valence-electron chi connectivity index (χ2n) is 7.59. The highest BCUT2D eigenvalue weighted by Crippen LogP contribution is 2.20. The summed E-state index contributed by atoms with van der Waals surface area (Å²) in [5.74, 6) is 0.607. The Balaban J connectivity index is 0.00000341. The van der Waals surface area contributed by atoms with Crippen molar-refractivity contribution in [1.82, 2.24) is 10.2 Å². The first-order valence-electron chi connectivity index (χ1n) is 10.6. The Labute approximate surface area is 199 Å². The van der Waals surface area contributed by atoms with Crippen LogP contribution in [-0.2, 0) is 20.8 Å². The summed E-state index contributed by atoms with van der Waals surface area (Å²) in [6.45, 7) is 5.59. The molecule has 0 aliphatic carbocycles. The molecule has 0 radical (unpaired) electrons. The van der Waals surface area contributed by atoms with E-state index in [9.17, 15) is 14.9 Å². The number of nitrogens with one attached hydrogen (secondary N) is 1. The van der Waals surface area contributed by atoms with Gasteiger partial charge in [-0.3, -0.25) is 14.9 Å². The standard InChI is InChI=1S/C21H30N4O5.HI/c1-2-29-20(26)17-9-11-24(12-10-17)21(23-15-19-4-3-13-30-19)22-14-16-5-7-18(8-6-16)25(27)28;/h5-8,17,19H,2-4,9-15H2,1H3,(H,22,23);1H. The van der Waals surface area contributed by atoms with Crippen LogP contribution in [0.25, 0.3) is 0 Å². The predicted octanol–water partition coefficient (Wildman–Crippen LogP) is 3.11. The van der Waals surface area contributed by atoms with E-state index in [2.05, 4.69) is 10.2 Å². The molecule has 2 aliphatic rings. The van der Waals surface area contributed by atoms with Gasteiger partial charge in [0, 0.05) is 38.4 Å². The van der Waals surface area contributed by atoms with E-state index in [0.29, 0.717) is 19.7 Å². The number of ether oxygens (including phenoxy) is 2. The van der Waals surface area contributed by atoms with E-state index in [1.807, 2.05) is 6.92 Å². The van der Waals surface area contributed by atoms with Crippen molar-refractivity contribution in [2.45, 2.75) is 45.3 Å². The number of hydrogen-bond donors (Lipinski definition) is 1. The van der Waals surface area contributed by atoms with Crippen LogP contribution in [0.15, 0.2) is 29.3 Å². The lowest BCUT2D eigenvalue weighted by Crippen LogP contribution is -2.48. The molecule has 0 saturated carbocycles. The van der Waals surface area contributed by atoms with E-state index in [1.165, 1.54) is 12.1 Å². The summed E-state index contributed by atoms with van der Waals surface area (Å²) < 4.78 is 10.9. The largest absolute Gasteiger partial charge is 0.466 e. The molecule has 1 N–H and O–H groups in total. The fourth-order valence-electron chi connectivity index (χ4n) is 3.75. The van der Waals surface area contributed by atoms with Gasteiger partial charge in [0.15, 0.2) is 5.96 Å². The molecule has 1 unspecified atom stereocenters. The third-order valence-electron chi connectivity index (χ3n) is 5.48. The number of guanidine groups is 1. The Morgan fingerprint density at radius 3 is 2.58 bits per heavy atom. The minimum Gasteiger partial charge on any atom is -0.466 e. The average Bonchev–Trinajstić information content (AvgIpc) is 3.28. The summed E-state index contributed by atoms with van der Waals surface area (Å²) in [5, 5.41) is 14.3. The molecule has 0 bridgehead atoms. The zero-order valence-corrected chi connectivity index (χ0v) is 20.2. The lowest BCUT2D eigenvalue weighted by Gasteiger charge is -2.33. The molecule has 2 fully saturated rings. The molecule has 1 aromatic rings. The molecule has 1 atom stereocenters. The third kappa shape index (κ3) is 7.60. The van der Waals surface area contributed by atoms with Gasteiger partial charge in [0.2, 0.25) is 0 Å². The minimum atomic E-state index is -0.407. The van der Waals surface area contributed by atoms with Crippen LogP contribution in [0, 0.1) is 16.0 Å². The van der Waals surface area contributed by atoms with E-state index in [0.717, 1.165) is 56.9 Å². The van der Waals surface area contributed by atoms with Crippen molar-refractivity contribution in [3.05, 3.63) is 39.9 Å². The van der Waals surface area contributed by atoms with Crippen molar-refractivity contribution in [2.24, 2.45) is 10.9 Å². The monoisotopic (exact) mass is 546 g/mol. The molecule has 2 aliphatic heterocycles. The van der Waals surface area contributed by atoms with Crippen LogP contribution in [0.1, 0.15) is 38.2 Å². The van der Waals surface area contributed by atoms with Crippen LogP contribution in [0.4, 0.5) is 5.69 Å². The van der Waals surface area contributed by atoms with Crippen LogP contribution in [-0.4, -0.2) is 60.7 Å². The quantitative estimate of drug-likeness (QED) is 0.140. The number of benzene rings is 1. The van der Waals surface area contributed by atoms with Crippen molar-refractivity contribution in [2.75, 3.05) is 32.8 Å². The lowest BCUT2D eigenvalue weighted by molar-refractivity contribution is -0.384. The topological polar surface area (TPSA) is 106 Å². The normalized spacial score (nSPS) is 19.6. The summed E-state index contributed by atoms with van der Waals surface area (Å²) in [6, 6.07) is 6.45. The first kappa shape index (κ1) is 25.3. The molecular formula is C21H31IN4O5. The first-order chi connectivity index (χ1) is 14.6. The highest BCUT2D eigenvalue weighted by molar-refractivity contribution is 14.0.